The molecular weight excluding hydrogens is 356 g/mol. The molecule has 1 unspecified atom stereocenters. The van der Waals surface area contributed by atoms with Crippen LogP contribution in [0.2, 0.25) is 0 Å². The summed E-state index contributed by atoms with van der Waals surface area (Å²) < 4.78 is 0. The summed E-state index contributed by atoms with van der Waals surface area (Å²) in [6, 6.07) is 8.04. The summed E-state index contributed by atoms with van der Waals surface area (Å²) >= 11 is 1.67. The van der Waals surface area contributed by atoms with E-state index in [2.05, 4.69) is 5.32 Å². The van der Waals surface area contributed by atoms with Crippen LogP contribution in [0.25, 0.3) is 0 Å². The molecule has 0 aromatic heterocycles. The van der Waals surface area contributed by atoms with Gasteiger partial charge in [-0.25, -0.2) is 0 Å². The van der Waals surface area contributed by atoms with Crippen LogP contribution in [0.4, 0.5) is 5.69 Å². The Balaban J connectivity index is 1.28. The van der Waals surface area contributed by atoms with Gasteiger partial charge < -0.3 is 10.2 Å². The second kappa shape index (κ2) is 6.54. The highest BCUT2D eigenvalue weighted by atomic mass is 32.2. The van der Waals surface area contributed by atoms with E-state index in [0.29, 0.717) is 13.0 Å². The quantitative estimate of drug-likeness (QED) is 0.802. The fourth-order valence-electron chi connectivity index (χ4n) is 6.54. The summed E-state index contributed by atoms with van der Waals surface area (Å²) in [6.07, 6.45) is 9.96. The van der Waals surface area contributed by atoms with Crippen LogP contribution in [0.1, 0.15) is 44.9 Å². The Morgan fingerprint density at radius 1 is 1.15 bits per heavy atom. The number of benzene rings is 1. The Labute approximate surface area is 165 Å². The van der Waals surface area contributed by atoms with Crippen molar-refractivity contribution in [3.05, 3.63) is 24.3 Å². The van der Waals surface area contributed by atoms with Crippen LogP contribution < -0.4 is 10.2 Å². The van der Waals surface area contributed by atoms with Gasteiger partial charge in [-0.1, -0.05) is 6.07 Å². The average Bonchev–Trinajstić information content (AvgIpc) is 3.02. The van der Waals surface area contributed by atoms with Gasteiger partial charge in [-0.3, -0.25) is 9.59 Å². The molecule has 1 aromatic carbocycles. The molecule has 1 atom stereocenters. The van der Waals surface area contributed by atoms with E-state index < -0.39 is 0 Å². The summed E-state index contributed by atoms with van der Waals surface area (Å²) in [7, 11) is 0. The first-order chi connectivity index (χ1) is 13.0. The number of anilines is 1. The van der Waals surface area contributed by atoms with Crippen LogP contribution in [-0.4, -0.2) is 30.2 Å². The lowest BCUT2D eigenvalue weighted by atomic mass is 9.53. The van der Waals surface area contributed by atoms with Gasteiger partial charge in [0.2, 0.25) is 11.8 Å². The van der Waals surface area contributed by atoms with E-state index in [0.717, 1.165) is 47.6 Å². The Morgan fingerprint density at radius 2 is 1.81 bits per heavy atom. The summed E-state index contributed by atoms with van der Waals surface area (Å²) in [5.41, 5.74) is 0.943. The van der Waals surface area contributed by atoms with Gasteiger partial charge >= 0.3 is 0 Å². The van der Waals surface area contributed by atoms with Crippen molar-refractivity contribution in [3.63, 3.8) is 0 Å². The summed E-state index contributed by atoms with van der Waals surface area (Å²) in [5, 5.41) is 3.46. The van der Waals surface area contributed by atoms with Crippen molar-refractivity contribution >= 4 is 29.3 Å². The van der Waals surface area contributed by atoms with Crippen molar-refractivity contribution in [2.24, 2.45) is 23.7 Å². The lowest BCUT2D eigenvalue weighted by Crippen LogP contribution is -2.60. The van der Waals surface area contributed by atoms with Crippen LogP contribution in [0.15, 0.2) is 29.2 Å². The maximum Gasteiger partial charge on any atom is 0.227 e. The highest BCUT2D eigenvalue weighted by molar-refractivity contribution is 7.98. The molecule has 1 aliphatic heterocycles. The fraction of sp³-hybridized carbons (Fsp3) is 0.636. The van der Waals surface area contributed by atoms with Crippen LogP contribution in [-0.2, 0) is 9.59 Å². The predicted octanol–water partition coefficient (Wildman–Crippen LogP) is 3.85. The first-order valence-corrected chi connectivity index (χ1v) is 11.5. The monoisotopic (exact) mass is 384 g/mol. The molecule has 5 heteroatoms. The van der Waals surface area contributed by atoms with Gasteiger partial charge in [0.15, 0.2) is 0 Å². The number of hydrogen-bond acceptors (Lipinski definition) is 3. The first kappa shape index (κ1) is 17.6. The molecule has 5 fully saturated rings. The second-order valence-corrected chi connectivity index (χ2v) is 10.2. The zero-order valence-corrected chi connectivity index (χ0v) is 16.8. The van der Waals surface area contributed by atoms with Gasteiger partial charge in [-0.05, 0) is 80.7 Å². The number of carbonyl (C=O) groups is 2. The van der Waals surface area contributed by atoms with Gasteiger partial charge in [0.1, 0.15) is 0 Å². The molecule has 4 saturated carbocycles. The van der Waals surface area contributed by atoms with Crippen LogP contribution >= 0.6 is 11.8 Å². The fourth-order valence-corrected chi connectivity index (χ4v) is 6.99. The lowest BCUT2D eigenvalue weighted by molar-refractivity contribution is -0.131. The molecule has 1 heterocycles. The van der Waals surface area contributed by atoms with Gasteiger partial charge in [-0.15, -0.1) is 11.8 Å². The zero-order valence-electron chi connectivity index (χ0n) is 15.9. The van der Waals surface area contributed by atoms with Crippen LogP contribution in [0.3, 0.4) is 0 Å². The predicted molar refractivity (Wildman–Crippen MR) is 108 cm³/mol. The topological polar surface area (TPSA) is 49.4 Å². The molecule has 5 aliphatic rings. The molecular formula is C22H28N2O2S. The smallest absolute Gasteiger partial charge is 0.227 e. The minimum Gasteiger partial charge on any atom is -0.350 e. The molecule has 1 N–H and O–H groups in total. The Morgan fingerprint density at radius 3 is 2.44 bits per heavy atom. The number of hydrogen-bond donors (Lipinski definition) is 1. The summed E-state index contributed by atoms with van der Waals surface area (Å²) in [6.45, 7) is 0.509. The molecule has 27 heavy (non-hydrogen) atoms. The highest BCUT2D eigenvalue weighted by Gasteiger charge is 2.52. The molecule has 0 spiro atoms. The second-order valence-electron chi connectivity index (χ2n) is 9.29. The number of carbonyl (C=O) groups excluding carboxylic acids is 2. The van der Waals surface area contributed by atoms with Crippen LogP contribution in [0, 0.1) is 23.7 Å². The molecule has 144 valence electrons. The first-order valence-electron chi connectivity index (χ1n) is 10.3. The third kappa shape index (κ3) is 3.18. The molecule has 2 amide bonds. The van der Waals surface area contributed by atoms with E-state index in [9.17, 15) is 9.59 Å². The minimum atomic E-state index is -0.219. The van der Waals surface area contributed by atoms with Gasteiger partial charge in [0.25, 0.3) is 0 Å². The van der Waals surface area contributed by atoms with E-state index in [4.69, 9.17) is 0 Å². The SMILES string of the molecule is CSc1cccc(N2CC(C(=O)NC34CC5CC(CC(C5)C3)C4)CC2=O)c1. The highest BCUT2D eigenvalue weighted by Crippen LogP contribution is 2.55. The van der Waals surface area contributed by atoms with Crippen molar-refractivity contribution in [1.82, 2.24) is 5.32 Å². The molecule has 0 radical (unpaired) electrons. The molecule has 1 aromatic rings. The third-order valence-corrected chi connectivity index (χ3v) is 8.01. The van der Waals surface area contributed by atoms with Crippen molar-refractivity contribution < 1.29 is 9.59 Å². The number of nitrogens with zero attached hydrogens (tertiary/aromatic N) is 1. The lowest BCUT2D eigenvalue weighted by Gasteiger charge is -2.57. The van der Waals surface area contributed by atoms with Gasteiger partial charge in [0, 0.05) is 29.1 Å². The Bertz CT molecular complexity index is 742. The maximum atomic E-state index is 13.1. The van der Waals surface area contributed by atoms with Crippen molar-refractivity contribution in [2.75, 3.05) is 17.7 Å². The number of thioether (sulfide) groups is 1. The minimum absolute atomic E-state index is 0.0288. The van der Waals surface area contributed by atoms with E-state index in [-0.39, 0.29) is 23.3 Å². The van der Waals surface area contributed by atoms with Crippen LogP contribution in [0.5, 0.6) is 0 Å². The summed E-state index contributed by atoms with van der Waals surface area (Å²) in [5.74, 6) is 2.39. The molecule has 4 nitrogen and oxygen atoms in total. The van der Waals surface area contributed by atoms with E-state index in [1.807, 2.05) is 30.5 Å². The number of nitrogens with one attached hydrogen (secondary N) is 1. The van der Waals surface area contributed by atoms with Crippen molar-refractivity contribution in [3.8, 4) is 0 Å². The van der Waals surface area contributed by atoms with E-state index in [1.54, 1.807) is 16.7 Å². The van der Waals surface area contributed by atoms with E-state index >= 15 is 0 Å². The number of rotatable bonds is 4. The van der Waals surface area contributed by atoms with Crippen molar-refractivity contribution in [2.45, 2.75) is 55.4 Å². The molecule has 4 bridgehead atoms. The third-order valence-electron chi connectivity index (χ3n) is 7.29. The summed E-state index contributed by atoms with van der Waals surface area (Å²) in [4.78, 5) is 28.6. The largest absolute Gasteiger partial charge is 0.350 e. The zero-order chi connectivity index (χ0) is 18.6. The van der Waals surface area contributed by atoms with Gasteiger partial charge in [0.05, 0.1) is 5.92 Å². The Hall–Kier alpha value is -1.49. The molecule has 6 rings (SSSR count). The Kier molecular flexibility index (Phi) is 4.26. The van der Waals surface area contributed by atoms with Gasteiger partial charge in [-0.2, -0.15) is 0 Å². The maximum absolute atomic E-state index is 13.1. The normalized spacial score (nSPS) is 37.1. The molecule has 1 saturated heterocycles. The molecule has 4 aliphatic carbocycles. The van der Waals surface area contributed by atoms with E-state index in [1.165, 1.54) is 19.3 Å². The number of amides is 2. The average molecular weight is 385 g/mol. The van der Waals surface area contributed by atoms with Crippen molar-refractivity contribution in [1.29, 1.82) is 0 Å². The standard InChI is InChI=1S/C22H28N2O2S/c1-27-19-4-2-3-18(9-19)24-13-17(8-20(24)25)21(26)23-22-10-14-5-15(11-22)7-16(6-14)12-22/h2-4,9,14-17H,5-8,10-13H2,1H3,(H,23,26).